The van der Waals surface area contributed by atoms with Crippen molar-refractivity contribution in [2.45, 2.75) is 139 Å². The fourth-order valence-electron chi connectivity index (χ4n) is 4.80. The predicted molar refractivity (Wildman–Crippen MR) is 134 cm³/mol. The lowest BCUT2D eigenvalue weighted by atomic mass is 9.99. The minimum atomic E-state index is -2.28. The van der Waals surface area contributed by atoms with Crippen LogP contribution >= 0.6 is 0 Å². The van der Waals surface area contributed by atoms with Gasteiger partial charge in [-0.3, -0.25) is 4.79 Å². The third-order valence-electron chi connectivity index (χ3n) is 7.28. The molecule has 0 saturated carbocycles. The molecule has 12 heteroatoms. The molecule has 0 aromatic rings. The fraction of sp³-hybridized carbons (Fsp3) is 0.962. The molecule has 0 bridgehead atoms. The van der Waals surface area contributed by atoms with E-state index in [1.807, 2.05) is 0 Å². The molecule has 0 unspecified atom stereocenters. The Labute approximate surface area is 224 Å². The maximum atomic E-state index is 12.1. The van der Waals surface area contributed by atoms with E-state index in [1.165, 1.54) is 44.9 Å². The summed E-state index contributed by atoms with van der Waals surface area (Å²) in [7, 11) is 0. The van der Waals surface area contributed by atoms with Crippen LogP contribution in [0.1, 0.15) is 84.0 Å². The molecule has 0 aromatic carbocycles. The Morgan fingerprint density at radius 2 is 1.34 bits per heavy atom. The van der Waals surface area contributed by atoms with Crippen LogP contribution in [0.3, 0.4) is 0 Å². The van der Waals surface area contributed by atoms with Crippen LogP contribution in [0.15, 0.2) is 0 Å². The van der Waals surface area contributed by atoms with Gasteiger partial charge in [-0.25, -0.2) is 0 Å². The first-order valence-electron chi connectivity index (χ1n) is 14.0. The Morgan fingerprint density at radius 3 is 1.89 bits per heavy atom. The van der Waals surface area contributed by atoms with Gasteiger partial charge in [0.1, 0.15) is 55.9 Å². The quantitative estimate of drug-likeness (QED) is 0.0879. The number of unbranched alkanes of at least 4 members (excludes halogenated alkanes) is 10. The summed E-state index contributed by atoms with van der Waals surface area (Å²) in [6, 6.07) is 0. The summed E-state index contributed by atoms with van der Waals surface area (Å²) in [5.41, 5.74) is 0. The first kappa shape index (κ1) is 33.3. The number of aliphatic hydroxyl groups excluding tert-OH is 7. The van der Waals surface area contributed by atoms with Crippen molar-refractivity contribution in [2.24, 2.45) is 0 Å². The molecule has 2 aliphatic heterocycles. The van der Waals surface area contributed by atoms with E-state index in [0.29, 0.717) is 6.42 Å². The summed E-state index contributed by atoms with van der Waals surface area (Å²) in [6.07, 6.45) is -0.0116. The van der Waals surface area contributed by atoms with Crippen molar-refractivity contribution < 1.29 is 59.5 Å². The van der Waals surface area contributed by atoms with E-state index in [2.05, 4.69) is 6.92 Å². The zero-order chi connectivity index (χ0) is 28.1. The predicted octanol–water partition coefficient (Wildman–Crippen LogP) is -0.144. The highest BCUT2D eigenvalue weighted by atomic mass is 16.8. The average Bonchev–Trinajstić information content (AvgIpc) is 3.15. The molecule has 0 radical (unpaired) electrons. The number of aliphatic hydroxyl groups is 7. The van der Waals surface area contributed by atoms with Gasteiger partial charge in [0.2, 0.25) is 5.79 Å². The largest absolute Gasteiger partial charge is 0.463 e. The smallest absolute Gasteiger partial charge is 0.305 e. The van der Waals surface area contributed by atoms with Crippen LogP contribution in [0, 0.1) is 0 Å². The van der Waals surface area contributed by atoms with Gasteiger partial charge in [0, 0.05) is 6.42 Å². The first-order chi connectivity index (χ1) is 18.2. The lowest BCUT2D eigenvalue weighted by Gasteiger charge is -2.43. The highest BCUT2D eigenvalue weighted by molar-refractivity contribution is 5.69. The summed E-state index contributed by atoms with van der Waals surface area (Å²) in [5.74, 6) is -2.76. The van der Waals surface area contributed by atoms with Gasteiger partial charge < -0.3 is 54.7 Å². The zero-order valence-electron chi connectivity index (χ0n) is 22.4. The fourth-order valence-corrected chi connectivity index (χ4v) is 4.80. The Kier molecular flexibility index (Phi) is 14.9. The van der Waals surface area contributed by atoms with Gasteiger partial charge in [-0.15, -0.1) is 0 Å². The number of carbonyl (C=O) groups excluding carboxylic acids is 1. The van der Waals surface area contributed by atoms with Crippen molar-refractivity contribution in [3.05, 3.63) is 0 Å². The molecule has 12 nitrogen and oxygen atoms in total. The summed E-state index contributed by atoms with van der Waals surface area (Å²) >= 11 is 0. The van der Waals surface area contributed by atoms with Crippen molar-refractivity contribution in [1.82, 2.24) is 0 Å². The van der Waals surface area contributed by atoms with Gasteiger partial charge in [0.25, 0.3) is 0 Å². The monoisotopic (exact) mass is 552 g/mol. The maximum Gasteiger partial charge on any atom is 0.305 e. The van der Waals surface area contributed by atoms with E-state index in [1.54, 1.807) is 0 Å². The van der Waals surface area contributed by atoms with Crippen molar-refractivity contribution in [3.63, 3.8) is 0 Å². The number of ether oxygens (including phenoxy) is 4. The van der Waals surface area contributed by atoms with Crippen LogP contribution < -0.4 is 0 Å². The summed E-state index contributed by atoms with van der Waals surface area (Å²) in [5, 5.41) is 70.2. The minimum absolute atomic E-state index is 0.203. The summed E-state index contributed by atoms with van der Waals surface area (Å²) < 4.78 is 21.4. The molecular weight excluding hydrogens is 504 g/mol. The molecule has 7 N–H and O–H groups in total. The van der Waals surface area contributed by atoms with Crippen LogP contribution in [0.4, 0.5) is 0 Å². The van der Waals surface area contributed by atoms with Crippen molar-refractivity contribution in [1.29, 1.82) is 0 Å². The van der Waals surface area contributed by atoms with Crippen molar-refractivity contribution >= 4 is 5.97 Å². The van der Waals surface area contributed by atoms with E-state index < -0.39 is 80.6 Å². The first-order valence-corrected chi connectivity index (χ1v) is 14.0. The molecule has 0 aromatic heterocycles. The van der Waals surface area contributed by atoms with Gasteiger partial charge in [-0.05, 0) is 6.42 Å². The summed E-state index contributed by atoms with van der Waals surface area (Å²) in [6.45, 7) is 0.110. The van der Waals surface area contributed by atoms with Gasteiger partial charge in [0.15, 0.2) is 6.29 Å². The number of esters is 1. The molecule has 2 fully saturated rings. The van der Waals surface area contributed by atoms with E-state index in [-0.39, 0.29) is 6.42 Å². The van der Waals surface area contributed by atoms with E-state index in [4.69, 9.17) is 18.9 Å². The number of carbonyl (C=O) groups is 1. The second kappa shape index (κ2) is 17.0. The molecule has 0 amide bonds. The SMILES string of the molecule is CCCCCCCCCCCCCC(=O)OC[C@H]1O[C@@](CO)(O[C@H]2O[C@H](CO)[C@@H](O)[C@H](O)[C@H]2O)[C@@H](O)[C@@H]1O. The normalized spacial score (nSPS) is 35.5. The van der Waals surface area contributed by atoms with E-state index in [9.17, 15) is 40.5 Å². The molecule has 2 aliphatic rings. The van der Waals surface area contributed by atoms with Crippen LogP contribution in [0.5, 0.6) is 0 Å². The van der Waals surface area contributed by atoms with E-state index >= 15 is 0 Å². The number of hydrogen-bond donors (Lipinski definition) is 7. The van der Waals surface area contributed by atoms with Gasteiger partial charge in [0.05, 0.1) is 6.61 Å². The van der Waals surface area contributed by atoms with Crippen molar-refractivity contribution in [2.75, 3.05) is 19.8 Å². The summed E-state index contributed by atoms with van der Waals surface area (Å²) in [4.78, 5) is 12.1. The van der Waals surface area contributed by atoms with Gasteiger partial charge in [-0.1, -0.05) is 71.1 Å². The Bertz CT molecular complexity index is 664. The molecule has 0 spiro atoms. The third kappa shape index (κ3) is 9.33. The highest BCUT2D eigenvalue weighted by Crippen LogP contribution is 2.36. The lowest BCUT2D eigenvalue weighted by molar-refractivity contribution is -0.383. The van der Waals surface area contributed by atoms with Crippen LogP contribution in [-0.2, 0) is 23.7 Å². The molecule has 9 atom stereocenters. The minimum Gasteiger partial charge on any atom is -0.463 e. The molecule has 224 valence electrons. The van der Waals surface area contributed by atoms with Gasteiger partial charge >= 0.3 is 5.97 Å². The van der Waals surface area contributed by atoms with Crippen LogP contribution in [0.2, 0.25) is 0 Å². The standard InChI is InChI=1S/C26H48O12/c1-2-3-4-5-6-7-8-9-10-11-12-13-19(29)35-15-18-21(31)24(34)26(16-28,37-18)38-25-23(33)22(32)20(30)17(14-27)36-25/h17-18,20-25,27-28,30-34H,2-16H2,1H3/t17-,18-,20-,21-,22+,23-,24+,25-,26+/m1/s1. The van der Waals surface area contributed by atoms with Crippen molar-refractivity contribution in [3.8, 4) is 0 Å². The lowest BCUT2D eigenvalue weighted by Crippen LogP contribution is -2.62. The third-order valence-corrected chi connectivity index (χ3v) is 7.28. The Balaban J connectivity index is 1.72. The molecule has 38 heavy (non-hydrogen) atoms. The average molecular weight is 553 g/mol. The second-order valence-corrected chi connectivity index (χ2v) is 10.3. The topological polar surface area (TPSA) is 196 Å². The van der Waals surface area contributed by atoms with Gasteiger partial charge in [-0.2, -0.15) is 0 Å². The zero-order valence-corrected chi connectivity index (χ0v) is 22.4. The second-order valence-electron chi connectivity index (χ2n) is 10.3. The molecule has 0 aliphatic carbocycles. The Morgan fingerprint density at radius 1 is 0.763 bits per heavy atom. The molecule has 2 heterocycles. The number of rotatable bonds is 18. The van der Waals surface area contributed by atoms with Crippen LogP contribution in [-0.4, -0.2) is 116 Å². The van der Waals surface area contributed by atoms with E-state index in [0.717, 1.165) is 19.3 Å². The molecule has 2 saturated heterocycles. The Hall–Kier alpha value is -0.930. The number of hydrogen-bond acceptors (Lipinski definition) is 12. The molecule has 2 rings (SSSR count). The molecular formula is C26H48O12. The maximum absolute atomic E-state index is 12.1. The van der Waals surface area contributed by atoms with Crippen LogP contribution in [0.25, 0.3) is 0 Å². The highest BCUT2D eigenvalue weighted by Gasteiger charge is 2.58.